The summed E-state index contributed by atoms with van der Waals surface area (Å²) < 4.78 is 0. The number of rotatable bonds is 12. The average Bonchev–Trinajstić information content (AvgIpc) is 3.40. The van der Waals surface area contributed by atoms with E-state index in [1.165, 1.54) is 11.8 Å². The van der Waals surface area contributed by atoms with Crippen LogP contribution in [0.1, 0.15) is 66.2 Å². The molecule has 8 nitrogen and oxygen atoms in total. The van der Waals surface area contributed by atoms with Crippen LogP contribution in [0.5, 0.6) is 0 Å². The number of carbonyl (C=O) groups excluding carboxylic acids is 2. The van der Waals surface area contributed by atoms with Gasteiger partial charge in [-0.1, -0.05) is 50.1 Å². The second-order valence-electron chi connectivity index (χ2n) is 10.1. The van der Waals surface area contributed by atoms with Crippen molar-refractivity contribution in [1.82, 2.24) is 25.1 Å². The molecule has 0 radical (unpaired) electrons. The molecule has 10 heteroatoms. The first kappa shape index (κ1) is 29.0. The summed E-state index contributed by atoms with van der Waals surface area (Å²) in [5.74, 6) is 1.49. The van der Waals surface area contributed by atoms with Crippen molar-refractivity contribution in [3.8, 4) is 0 Å². The molecule has 1 saturated heterocycles. The van der Waals surface area contributed by atoms with Crippen LogP contribution in [0.4, 0.5) is 5.82 Å². The fraction of sp³-hybridized carbons (Fsp3) is 0.769. The van der Waals surface area contributed by atoms with Gasteiger partial charge in [-0.05, 0) is 59.2 Å². The van der Waals surface area contributed by atoms with Gasteiger partial charge in [-0.3, -0.25) is 9.59 Å². The third-order valence-corrected chi connectivity index (χ3v) is 8.39. The largest absolute Gasteiger partial charge is 0.353 e. The number of aromatic nitrogens is 2. The molecule has 2 heterocycles. The van der Waals surface area contributed by atoms with Crippen molar-refractivity contribution in [2.75, 3.05) is 49.9 Å². The van der Waals surface area contributed by atoms with Crippen LogP contribution in [-0.2, 0) is 9.59 Å². The summed E-state index contributed by atoms with van der Waals surface area (Å²) in [7, 11) is 0. The molecular formula is C26H43ClN6O2S. The van der Waals surface area contributed by atoms with Crippen molar-refractivity contribution in [1.29, 1.82) is 0 Å². The number of carbonyl (C=O) groups is 2. The van der Waals surface area contributed by atoms with Crippen LogP contribution in [0.25, 0.3) is 0 Å². The fourth-order valence-electron chi connectivity index (χ4n) is 5.19. The minimum Gasteiger partial charge on any atom is -0.353 e. The van der Waals surface area contributed by atoms with Crippen molar-refractivity contribution in [3.05, 3.63) is 11.2 Å². The first-order chi connectivity index (χ1) is 17.3. The highest BCUT2D eigenvalue weighted by Gasteiger charge is 2.33. The van der Waals surface area contributed by atoms with Crippen molar-refractivity contribution in [2.45, 2.75) is 83.5 Å². The number of nitrogens with zero attached hydrogens (tertiary/aromatic N) is 5. The molecule has 1 aromatic heterocycles. The zero-order valence-corrected chi connectivity index (χ0v) is 23.9. The van der Waals surface area contributed by atoms with Crippen molar-refractivity contribution >= 4 is 41.0 Å². The van der Waals surface area contributed by atoms with Crippen LogP contribution in [0.15, 0.2) is 11.2 Å². The number of hydrogen-bond donors (Lipinski definition) is 1. The lowest BCUT2D eigenvalue weighted by Gasteiger charge is -2.41. The smallest absolute Gasteiger partial charge is 0.230 e. The average molecular weight is 539 g/mol. The molecule has 0 bridgehead atoms. The van der Waals surface area contributed by atoms with Gasteiger partial charge in [-0.15, -0.1) is 0 Å². The van der Waals surface area contributed by atoms with E-state index in [1.54, 1.807) is 6.07 Å². The van der Waals surface area contributed by atoms with Crippen molar-refractivity contribution in [3.63, 3.8) is 0 Å². The lowest BCUT2D eigenvalue weighted by atomic mass is 10.0. The first-order valence-corrected chi connectivity index (χ1v) is 14.9. The van der Waals surface area contributed by atoms with E-state index in [1.807, 2.05) is 4.90 Å². The monoisotopic (exact) mass is 538 g/mol. The van der Waals surface area contributed by atoms with Crippen LogP contribution >= 0.6 is 23.4 Å². The summed E-state index contributed by atoms with van der Waals surface area (Å²) in [5, 5.41) is 3.95. The van der Waals surface area contributed by atoms with Gasteiger partial charge in [0.15, 0.2) is 5.16 Å². The maximum Gasteiger partial charge on any atom is 0.230 e. The molecule has 2 aliphatic rings. The minimum atomic E-state index is -0.0203. The van der Waals surface area contributed by atoms with E-state index in [-0.39, 0.29) is 29.7 Å². The summed E-state index contributed by atoms with van der Waals surface area (Å²) >= 11 is 7.62. The zero-order chi connectivity index (χ0) is 26.1. The number of thioether (sulfide) groups is 1. The topological polar surface area (TPSA) is 81.7 Å². The second-order valence-corrected chi connectivity index (χ2v) is 11.4. The van der Waals surface area contributed by atoms with Gasteiger partial charge in [0.25, 0.3) is 0 Å². The maximum absolute atomic E-state index is 12.9. The molecule has 2 atom stereocenters. The van der Waals surface area contributed by atoms with E-state index in [9.17, 15) is 9.59 Å². The highest BCUT2D eigenvalue weighted by Crippen LogP contribution is 2.29. The Morgan fingerprint density at radius 1 is 1.22 bits per heavy atom. The Bertz CT molecular complexity index is 865. The highest BCUT2D eigenvalue weighted by atomic mass is 35.5. The van der Waals surface area contributed by atoms with Crippen LogP contribution < -0.4 is 10.2 Å². The number of hydrogen-bond acceptors (Lipinski definition) is 7. The third kappa shape index (κ3) is 8.48. The molecule has 2 unspecified atom stereocenters. The number of halogens is 1. The number of piperazine rings is 1. The molecule has 2 amide bonds. The number of amides is 2. The quantitative estimate of drug-likeness (QED) is 0.244. The summed E-state index contributed by atoms with van der Waals surface area (Å²) in [5.41, 5.74) is 0. The number of anilines is 1. The molecule has 1 aliphatic carbocycles. The molecule has 0 spiro atoms. The Balaban J connectivity index is 1.47. The second kappa shape index (κ2) is 14.4. The molecule has 3 rings (SSSR count). The molecule has 0 aromatic carbocycles. The summed E-state index contributed by atoms with van der Waals surface area (Å²) in [6.45, 7) is 13.8. The zero-order valence-electron chi connectivity index (χ0n) is 22.3. The van der Waals surface area contributed by atoms with E-state index in [4.69, 9.17) is 11.6 Å². The van der Waals surface area contributed by atoms with Gasteiger partial charge in [0.05, 0.1) is 5.75 Å². The SMILES string of the molecule is CCN(CC)CCCC(C)NC(=O)CSc1nc(Cl)cc(N2CCN(C(=O)C3CCCC3)C(C)C2)n1. The van der Waals surface area contributed by atoms with Gasteiger partial charge in [-0.25, -0.2) is 9.97 Å². The lowest BCUT2D eigenvalue weighted by Crippen LogP contribution is -2.55. The summed E-state index contributed by atoms with van der Waals surface area (Å²) in [6.07, 6.45) is 6.40. The van der Waals surface area contributed by atoms with E-state index in [0.717, 1.165) is 64.0 Å². The standard InChI is InChI=1S/C26H43ClN6O2S/c1-5-31(6-2)13-9-10-19(3)28-24(34)18-36-26-29-22(27)16-23(30-26)32-14-15-33(20(4)17-32)25(35)21-11-7-8-12-21/h16,19-21H,5-15,17-18H2,1-4H3,(H,28,34). The van der Waals surface area contributed by atoms with Gasteiger partial charge in [-0.2, -0.15) is 0 Å². The Labute approximate surface area is 225 Å². The molecule has 1 saturated carbocycles. The van der Waals surface area contributed by atoms with Crippen LogP contribution in [-0.4, -0.2) is 88.7 Å². The third-order valence-electron chi connectivity index (χ3n) is 7.35. The van der Waals surface area contributed by atoms with E-state index < -0.39 is 0 Å². The predicted octanol–water partition coefficient (Wildman–Crippen LogP) is 4.08. The van der Waals surface area contributed by atoms with Gasteiger partial charge in [0.2, 0.25) is 11.8 Å². The molecule has 1 aliphatic heterocycles. The lowest BCUT2D eigenvalue weighted by molar-refractivity contribution is -0.137. The van der Waals surface area contributed by atoms with Gasteiger partial charge in [0.1, 0.15) is 11.0 Å². The Morgan fingerprint density at radius 3 is 2.61 bits per heavy atom. The summed E-state index contributed by atoms with van der Waals surface area (Å²) in [6, 6.07) is 2.02. The summed E-state index contributed by atoms with van der Waals surface area (Å²) in [4.78, 5) is 41.0. The Morgan fingerprint density at radius 2 is 1.94 bits per heavy atom. The van der Waals surface area contributed by atoms with Gasteiger partial charge >= 0.3 is 0 Å². The number of nitrogens with one attached hydrogen (secondary N) is 1. The predicted molar refractivity (Wildman–Crippen MR) is 148 cm³/mol. The van der Waals surface area contributed by atoms with Crippen LogP contribution in [0.2, 0.25) is 5.15 Å². The molecule has 1 N–H and O–H groups in total. The molecule has 2 fully saturated rings. The highest BCUT2D eigenvalue weighted by molar-refractivity contribution is 7.99. The fourth-order valence-corrected chi connectivity index (χ4v) is 6.08. The Kier molecular flexibility index (Phi) is 11.6. The van der Waals surface area contributed by atoms with Gasteiger partial charge in [0, 0.05) is 43.7 Å². The van der Waals surface area contributed by atoms with Crippen LogP contribution in [0.3, 0.4) is 0 Å². The van der Waals surface area contributed by atoms with Crippen molar-refractivity contribution in [2.24, 2.45) is 5.92 Å². The van der Waals surface area contributed by atoms with Crippen molar-refractivity contribution < 1.29 is 9.59 Å². The van der Waals surface area contributed by atoms with Crippen LogP contribution in [0, 0.1) is 5.92 Å². The van der Waals surface area contributed by atoms with E-state index in [0.29, 0.717) is 35.9 Å². The van der Waals surface area contributed by atoms with Gasteiger partial charge < -0.3 is 20.0 Å². The normalized spacial score (nSPS) is 19.7. The molecule has 36 heavy (non-hydrogen) atoms. The Hall–Kier alpha value is -1.58. The van der Waals surface area contributed by atoms with E-state index >= 15 is 0 Å². The van der Waals surface area contributed by atoms with E-state index in [2.05, 4.69) is 52.8 Å². The maximum atomic E-state index is 12.9. The molecular weight excluding hydrogens is 496 g/mol. The molecule has 202 valence electrons. The molecule has 1 aromatic rings. The first-order valence-electron chi connectivity index (χ1n) is 13.5. The minimum absolute atomic E-state index is 0.0203.